The fourth-order valence-corrected chi connectivity index (χ4v) is 3.81. The van der Waals surface area contributed by atoms with Crippen LogP contribution in [0.3, 0.4) is 0 Å². The number of rotatable bonds is 8. The van der Waals surface area contributed by atoms with E-state index in [0.29, 0.717) is 10.8 Å². The molecule has 0 aliphatic carbocycles. The molecule has 0 fully saturated rings. The molecule has 1 unspecified atom stereocenters. The molecule has 0 saturated carbocycles. The Morgan fingerprint density at radius 3 is 2.90 bits per heavy atom. The maximum absolute atomic E-state index is 12.6. The number of thioether (sulfide) groups is 1. The van der Waals surface area contributed by atoms with Crippen LogP contribution in [-0.4, -0.2) is 55.9 Å². The standard InChI is InChI=1S/C17H18N6O4S2/c1-4-5-23-14(25)11(10(3)19-16(23)26)6-13-21-22-17(27-13)29-8-12(24)20-15-18-9(2)7-28-15/h4,7,11H,1,5-6,8H2,2-3H3,(H,18,20,24). The lowest BCUT2D eigenvalue weighted by molar-refractivity contribution is -0.130. The van der Waals surface area contributed by atoms with Crippen molar-refractivity contribution in [2.45, 2.75) is 25.5 Å². The van der Waals surface area contributed by atoms with Crippen molar-refractivity contribution in [1.82, 2.24) is 20.1 Å². The number of anilines is 1. The molecule has 3 rings (SSSR count). The number of imide groups is 1. The number of aryl methyl sites for hydroxylation is 1. The fraction of sp³-hybridized carbons (Fsp3) is 0.353. The first kappa shape index (κ1) is 20.9. The Morgan fingerprint density at radius 1 is 1.41 bits per heavy atom. The second-order valence-corrected chi connectivity index (χ2v) is 7.91. The van der Waals surface area contributed by atoms with Crippen LogP contribution in [0.2, 0.25) is 0 Å². The van der Waals surface area contributed by atoms with Crippen molar-refractivity contribution in [2.75, 3.05) is 17.6 Å². The molecule has 0 spiro atoms. The van der Waals surface area contributed by atoms with Crippen LogP contribution in [0.1, 0.15) is 18.5 Å². The first-order valence-electron chi connectivity index (χ1n) is 8.56. The van der Waals surface area contributed by atoms with Gasteiger partial charge in [0.2, 0.25) is 17.7 Å². The molecule has 12 heteroatoms. The monoisotopic (exact) mass is 434 g/mol. The van der Waals surface area contributed by atoms with Gasteiger partial charge in [-0.2, -0.15) is 0 Å². The molecule has 152 valence electrons. The SMILES string of the molecule is C=CCN1C(=O)N=C(C)C(Cc2nnc(SCC(=O)Nc3nc(C)cs3)o2)C1=O. The third-order valence-corrected chi connectivity index (χ3v) is 5.60. The van der Waals surface area contributed by atoms with Gasteiger partial charge in [0, 0.05) is 24.1 Å². The Kier molecular flexibility index (Phi) is 6.54. The molecule has 0 radical (unpaired) electrons. The highest BCUT2D eigenvalue weighted by atomic mass is 32.2. The molecule has 1 aliphatic heterocycles. The molecule has 2 aromatic rings. The Hall–Kier alpha value is -2.86. The first-order chi connectivity index (χ1) is 13.9. The Balaban J connectivity index is 1.57. The van der Waals surface area contributed by atoms with E-state index in [-0.39, 0.29) is 41.6 Å². The molecular weight excluding hydrogens is 416 g/mol. The van der Waals surface area contributed by atoms with E-state index in [4.69, 9.17) is 4.42 Å². The minimum atomic E-state index is -0.664. The van der Waals surface area contributed by atoms with Crippen LogP contribution in [0, 0.1) is 12.8 Å². The first-order valence-corrected chi connectivity index (χ1v) is 10.4. The average Bonchev–Trinajstić information content (AvgIpc) is 3.29. The van der Waals surface area contributed by atoms with Crippen LogP contribution in [0.15, 0.2) is 32.7 Å². The van der Waals surface area contributed by atoms with Gasteiger partial charge in [-0.1, -0.05) is 17.8 Å². The average molecular weight is 435 g/mol. The molecule has 1 aliphatic rings. The lowest BCUT2D eigenvalue weighted by Crippen LogP contribution is -2.46. The highest BCUT2D eigenvalue weighted by Gasteiger charge is 2.36. The fourth-order valence-electron chi connectivity index (χ4n) is 2.53. The highest BCUT2D eigenvalue weighted by Crippen LogP contribution is 2.22. The molecule has 0 saturated heterocycles. The van der Waals surface area contributed by atoms with E-state index in [1.54, 1.807) is 6.92 Å². The lowest BCUT2D eigenvalue weighted by atomic mass is 9.97. The van der Waals surface area contributed by atoms with Crippen LogP contribution in [-0.2, 0) is 16.0 Å². The quantitative estimate of drug-likeness (QED) is 0.495. The van der Waals surface area contributed by atoms with Gasteiger partial charge >= 0.3 is 6.03 Å². The number of carbonyl (C=O) groups is 3. The zero-order valence-electron chi connectivity index (χ0n) is 15.7. The zero-order valence-corrected chi connectivity index (χ0v) is 17.4. The Labute approximate surface area is 174 Å². The normalized spacial score (nSPS) is 16.7. The van der Waals surface area contributed by atoms with E-state index in [0.717, 1.165) is 22.4 Å². The van der Waals surface area contributed by atoms with Gasteiger partial charge in [-0.3, -0.25) is 14.5 Å². The van der Waals surface area contributed by atoms with Crippen molar-refractivity contribution in [3.05, 3.63) is 29.6 Å². The molecule has 0 bridgehead atoms. The molecule has 4 amide bonds. The van der Waals surface area contributed by atoms with Crippen LogP contribution >= 0.6 is 23.1 Å². The van der Waals surface area contributed by atoms with Crippen LogP contribution in [0.25, 0.3) is 0 Å². The third kappa shape index (κ3) is 5.15. The van der Waals surface area contributed by atoms with Gasteiger partial charge in [0.1, 0.15) is 0 Å². The number of aliphatic imine (C=N–C) groups is 1. The number of hydrogen-bond acceptors (Lipinski definition) is 9. The van der Waals surface area contributed by atoms with E-state index in [2.05, 4.69) is 32.1 Å². The summed E-state index contributed by atoms with van der Waals surface area (Å²) in [6.45, 7) is 7.09. The molecule has 1 atom stereocenters. The van der Waals surface area contributed by atoms with Gasteiger partial charge in [-0.25, -0.2) is 14.8 Å². The number of carbonyl (C=O) groups excluding carboxylic acids is 3. The third-order valence-electron chi connectivity index (χ3n) is 3.90. The second kappa shape index (κ2) is 9.09. The number of nitrogens with one attached hydrogen (secondary N) is 1. The van der Waals surface area contributed by atoms with Gasteiger partial charge in [0.15, 0.2) is 5.13 Å². The molecular formula is C17H18N6O4S2. The summed E-state index contributed by atoms with van der Waals surface area (Å²) in [5.74, 6) is -0.988. The van der Waals surface area contributed by atoms with Crippen LogP contribution in [0.5, 0.6) is 0 Å². The predicted molar refractivity (Wildman–Crippen MR) is 108 cm³/mol. The van der Waals surface area contributed by atoms with Crippen molar-refractivity contribution >= 4 is 51.8 Å². The maximum Gasteiger partial charge on any atom is 0.350 e. The summed E-state index contributed by atoms with van der Waals surface area (Å²) < 4.78 is 5.53. The van der Waals surface area contributed by atoms with Crippen LogP contribution < -0.4 is 5.32 Å². The van der Waals surface area contributed by atoms with Crippen LogP contribution in [0.4, 0.5) is 9.93 Å². The van der Waals surface area contributed by atoms with Crippen molar-refractivity contribution in [2.24, 2.45) is 10.9 Å². The zero-order chi connectivity index (χ0) is 21.0. The van der Waals surface area contributed by atoms with Crippen molar-refractivity contribution in [3.8, 4) is 0 Å². The molecule has 1 N–H and O–H groups in total. The predicted octanol–water partition coefficient (Wildman–Crippen LogP) is 2.33. The Morgan fingerprint density at radius 2 is 2.21 bits per heavy atom. The van der Waals surface area contributed by atoms with E-state index >= 15 is 0 Å². The molecule has 3 heterocycles. The minimum absolute atomic E-state index is 0.0741. The van der Waals surface area contributed by atoms with Crippen molar-refractivity contribution in [3.63, 3.8) is 0 Å². The number of urea groups is 1. The molecule has 10 nitrogen and oxygen atoms in total. The molecule has 2 aromatic heterocycles. The summed E-state index contributed by atoms with van der Waals surface area (Å²) >= 11 is 2.43. The van der Waals surface area contributed by atoms with E-state index in [1.807, 2.05) is 12.3 Å². The molecule has 29 heavy (non-hydrogen) atoms. The van der Waals surface area contributed by atoms with Gasteiger partial charge in [-0.05, 0) is 13.8 Å². The summed E-state index contributed by atoms with van der Waals surface area (Å²) in [7, 11) is 0. The largest absolute Gasteiger partial charge is 0.416 e. The van der Waals surface area contributed by atoms with Crippen molar-refractivity contribution in [1.29, 1.82) is 0 Å². The summed E-state index contributed by atoms with van der Waals surface area (Å²) in [5, 5.41) is 13.1. The van der Waals surface area contributed by atoms with Gasteiger partial charge in [-0.15, -0.1) is 28.1 Å². The highest BCUT2D eigenvalue weighted by molar-refractivity contribution is 7.99. The van der Waals surface area contributed by atoms with E-state index in [9.17, 15) is 14.4 Å². The summed E-state index contributed by atoms with van der Waals surface area (Å²) in [4.78, 5) is 45.5. The van der Waals surface area contributed by atoms with E-state index < -0.39 is 11.9 Å². The van der Waals surface area contributed by atoms with Crippen molar-refractivity contribution < 1.29 is 18.8 Å². The van der Waals surface area contributed by atoms with Gasteiger partial charge < -0.3 is 9.73 Å². The molecule has 0 aromatic carbocycles. The smallest absolute Gasteiger partial charge is 0.350 e. The summed E-state index contributed by atoms with van der Waals surface area (Å²) in [6, 6.07) is -0.605. The minimum Gasteiger partial charge on any atom is -0.416 e. The summed E-state index contributed by atoms with van der Waals surface area (Å²) in [5.41, 5.74) is 1.23. The van der Waals surface area contributed by atoms with E-state index in [1.165, 1.54) is 17.4 Å². The maximum atomic E-state index is 12.6. The second-order valence-electron chi connectivity index (χ2n) is 6.12. The number of thiazole rings is 1. The summed E-state index contributed by atoms with van der Waals surface area (Å²) in [6.07, 6.45) is 1.58. The number of hydrogen-bond donors (Lipinski definition) is 1. The number of amides is 4. The topological polar surface area (TPSA) is 131 Å². The Bertz CT molecular complexity index is 982. The lowest BCUT2D eigenvalue weighted by Gasteiger charge is -2.27. The van der Waals surface area contributed by atoms with Gasteiger partial charge in [0.25, 0.3) is 5.22 Å². The number of nitrogens with zero attached hydrogens (tertiary/aromatic N) is 5. The van der Waals surface area contributed by atoms with Gasteiger partial charge in [0.05, 0.1) is 17.4 Å². The number of aromatic nitrogens is 3.